The third kappa shape index (κ3) is 3.91. The van der Waals surface area contributed by atoms with Crippen LogP contribution in [0.3, 0.4) is 0 Å². The molecule has 142 valence electrons. The molecular formula is C22H21N3O3. The van der Waals surface area contributed by atoms with Crippen molar-refractivity contribution in [3.63, 3.8) is 0 Å². The molecule has 0 radical (unpaired) electrons. The molecule has 0 saturated heterocycles. The highest BCUT2D eigenvalue weighted by atomic mass is 16.5. The first-order valence-electron chi connectivity index (χ1n) is 9.05. The summed E-state index contributed by atoms with van der Waals surface area (Å²) in [6.07, 6.45) is 3.19. The van der Waals surface area contributed by atoms with Gasteiger partial charge in [-0.3, -0.25) is 9.78 Å². The maximum absolute atomic E-state index is 12.3. The standard InChI is InChI=1S/C22H21N3O3/c1-14-5-7-19(15(2)10-14)27-13-21(26)24-17-6-8-20-18(11-17)25-22(28-20)16-4-3-9-23-12-16/h3-12,22,25H,13H2,1-2H3,(H,24,26). The Kier molecular flexibility index (Phi) is 4.85. The van der Waals surface area contributed by atoms with Crippen molar-refractivity contribution in [3.05, 3.63) is 77.6 Å². The van der Waals surface area contributed by atoms with Gasteiger partial charge < -0.3 is 20.1 Å². The molecule has 2 N–H and O–H groups in total. The molecule has 1 amide bonds. The van der Waals surface area contributed by atoms with Gasteiger partial charge in [0.25, 0.3) is 5.91 Å². The summed E-state index contributed by atoms with van der Waals surface area (Å²) in [5.41, 5.74) is 4.60. The number of pyridine rings is 1. The molecule has 1 aromatic heterocycles. The second kappa shape index (κ2) is 7.60. The molecule has 4 rings (SSSR count). The number of rotatable bonds is 5. The highest BCUT2D eigenvalue weighted by Gasteiger charge is 2.23. The molecule has 1 unspecified atom stereocenters. The predicted molar refractivity (Wildman–Crippen MR) is 108 cm³/mol. The number of hydrogen-bond acceptors (Lipinski definition) is 5. The van der Waals surface area contributed by atoms with E-state index in [-0.39, 0.29) is 18.7 Å². The zero-order valence-corrected chi connectivity index (χ0v) is 15.7. The Labute approximate surface area is 163 Å². The predicted octanol–water partition coefficient (Wildman–Crippen LogP) is 4.22. The highest BCUT2D eigenvalue weighted by molar-refractivity contribution is 5.92. The van der Waals surface area contributed by atoms with E-state index in [1.165, 1.54) is 0 Å². The lowest BCUT2D eigenvalue weighted by atomic mass is 10.1. The van der Waals surface area contributed by atoms with Crippen LogP contribution in [0.25, 0.3) is 0 Å². The number of carbonyl (C=O) groups excluding carboxylic acids is 1. The molecule has 0 saturated carbocycles. The van der Waals surface area contributed by atoms with Crippen LogP contribution in [0.1, 0.15) is 22.9 Å². The van der Waals surface area contributed by atoms with Gasteiger partial charge in [-0.05, 0) is 49.7 Å². The molecule has 2 aromatic carbocycles. The Morgan fingerprint density at radius 1 is 1.21 bits per heavy atom. The summed E-state index contributed by atoms with van der Waals surface area (Å²) in [4.78, 5) is 16.4. The first kappa shape index (κ1) is 17.9. The Balaban J connectivity index is 1.37. The van der Waals surface area contributed by atoms with Crippen LogP contribution in [0.4, 0.5) is 11.4 Å². The average molecular weight is 375 g/mol. The number of carbonyl (C=O) groups is 1. The molecule has 1 atom stereocenters. The summed E-state index contributed by atoms with van der Waals surface area (Å²) in [7, 11) is 0. The summed E-state index contributed by atoms with van der Waals surface area (Å²) in [6.45, 7) is 3.93. The fourth-order valence-electron chi connectivity index (χ4n) is 3.11. The summed E-state index contributed by atoms with van der Waals surface area (Å²) < 4.78 is 11.5. The van der Waals surface area contributed by atoms with Gasteiger partial charge >= 0.3 is 0 Å². The van der Waals surface area contributed by atoms with Crippen LogP contribution in [0, 0.1) is 13.8 Å². The number of nitrogens with one attached hydrogen (secondary N) is 2. The quantitative estimate of drug-likeness (QED) is 0.699. The minimum absolute atomic E-state index is 0.0524. The van der Waals surface area contributed by atoms with Crippen molar-refractivity contribution in [2.75, 3.05) is 17.2 Å². The van der Waals surface area contributed by atoms with E-state index in [9.17, 15) is 4.79 Å². The van der Waals surface area contributed by atoms with Crippen LogP contribution in [-0.4, -0.2) is 17.5 Å². The zero-order valence-electron chi connectivity index (χ0n) is 15.7. The summed E-state index contributed by atoms with van der Waals surface area (Å²) in [6, 6.07) is 15.2. The fraction of sp³-hybridized carbons (Fsp3) is 0.182. The Morgan fingerprint density at radius 3 is 2.89 bits per heavy atom. The lowest BCUT2D eigenvalue weighted by Crippen LogP contribution is -2.20. The number of nitrogens with zero attached hydrogens (tertiary/aromatic N) is 1. The van der Waals surface area contributed by atoms with Gasteiger partial charge in [0.1, 0.15) is 11.5 Å². The molecule has 0 bridgehead atoms. The molecule has 3 aromatic rings. The maximum atomic E-state index is 12.3. The monoisotopic (exact) mass is 375 g/mol. The van der Waals surface area contributed by atoms with Gasteiger partial charge in [-0.25, -0.2) is 0 Å². The molecule has 28 heavy (non-hydrogen) atoms. The van der Waals surface area contributed by atoms with Gasteiger partial charge in [0.15, 0.2) is 12.8 Å². The lowest BCUT2D eigenvalue weighted by Gasteiger charge is -2.10. The van der Waals surface area contributed by atoms with E-state index in [0.29, 0.717) is 11.4 Å². The zero-order chi connectivity index (χ0) is 19.5. The highest BCUT2D eigenvalue weighted by Crippen LogP contribution is 2.39. The van der Waals surface area contributed by atoms with Crippen LogP contribution in [0.15, 0.2) is 60.9 Å². The van der Waals surface area contributed by atoms with E-state index in [1.807, 2.05) is 56.3 Å². The molecule has 6 heteroatoms. The first-order chi connectivity index (χ1) is 13.6. The Morgan fingerprint density at radius 2 is 2.11 bits per heavy atom. The molecule has 2 heterocycles. The fourth-order valence-corrected chi connectivity index (χ4v) is 3.11. The average Bonchev–Trinajstić information content (AvgIpc) is 3.11. The van der Waals surface area contributed by atoms with E-state index in [2.05, 4.69) is 15.6 Å². The number of aromatic nitrogens is 1. The van der Waals surface area contributed by atoms with Crippen molar-refractivity contribution in [1.82, 2.24) is 4.98 Å². The van der Waals surface area contributed by atoms with Crippen LogP contribution in [0.5, 0.6) is 11.5 Å². The van der Waals surface area contributed by atoms with Crippen molar-refractivity contribution < 1.29 is 14.3 Å². The molecule has 6 nitrogen and oxygen atoms in total. The van der Waals surface area contributed by atoms with Crippen LogP contribution >= 0.6 is 0 Å². The number of amides is 1. The number of fused-ring (bicyclic) bond motifs is 1. The first-order valence-corrected chi connectivity index (χ1v) is 9.05. The summed E-state index contributed by atoms with van der Waals surface area (Å²) >= 11 is 0. The van der Waals surface area contributed by atoms with Gasteiger partial charge in [0.05, 0.1) is 5.69 Å². The van der Waals surface area contributed by atoms with Gasteiger partial charge in [-0.2, -0.15) is 0 Å². The third-order valence-corrected chi connectivity index (χ3v) is 4.47. The van der Waals surface area contributed by atoms with Gasteiger partial charge in [-0.15, -0.1) is 0 Å². The molecule has 0 spiro atoms. The van der Waals surface area contributed by atoms with Crippen molar-refractivity contribution >= 4 is 17.3 Å². The maximum Gasteiger partial charge on any atom is 0.262 e. The topological polar surface area (TPSA) is 72.5 Å². The minimum Gasteiger partial charge on any atom is -0.483 e. The number of anilines is 2. The Bertz CT molecular complexity index is 1010. The van der Waals surface area contributed by atoms with E-state index in [0.717, 1.165) is 28.1 Å². The van der Waals surface area contributed by atoms with Crippen LogP contribution in [0.2, 0.25) is 0 Å². The smallest absolute Gasteiger partial charge is 0.262 e. The summed E-state index contributed by atoms with van der Waals surface area (Å²) in [5, 5.41) is 6.15. The van der Waals surface area contributed by atoms with Gasteiger partial charge in [-0.1, -0.05) is 23.8 Å². The second-order valence-corrected chi connectivity index (χ2v) is 6.75. The third-order valence-electron chi connectivity index (χ3n) is 4.47. The minimum atomic E-state index is -0.289. The van der Waals surface area contributed by atoms with E-state index < -0.39 is 0 Å². The lowest BCUT2D eigenvalue weighted by molar-refractivity contribution is -0.118. The van der Waals surface area contributed by atoms with Gasteiger partial charge in [0, 0.05) is 23.6 Å². The number of benzene rings is 2. The molecule has 1 aliphatic heterocycles. The second-order valence-electron chi connectivity index (χ2n) is 6.75. The van der Waals surface area contributed by atoms with E-state index in [1.54, 1.807) is 18.5 Å². The van der Waals surface area contributed by atoms with E-state index >= 15 is 0 Å². The molecular weight excluding hydrogens is 354 g/mol. The van der Waals surface area contributed by atoms with E-state index in [4.69, 9.17) is 9.47 Å². The van der Waals surface area contributed by atoms with Crippen LogP contribution < -0.4 is 20.1 Å². The largest absolute Gasteiger partial charge is 0.483 e. The van der Waals surface area contributed by atoms with Crippen molar-refractivity contribution in [2.24, 2.45) is 0 Å². The van der Waals surface area contributed by atoms with Crippen LogP contribution in [-0.2, 0) is 4.79 Å². The van der Waals surface area contributed by atoms with Gasteiger partial charge in [0.2, 0.25) is 0 Å². The molecule has 0 fully saturated rings. The van der Waals surface area contributed by atoms with Crippen molar-refractivity contribution in [1.29, 1.82) is 0 Å². The normalized spacial score (nSPS) is 14.6. The number of ether oxygens (including phenoxy) is 2. The number of aryl methyl sites for hydroxylation is 2. The molecule has 1 aliphatic rings. The summed E-state index contributed by atoms with van der Waals surface area (Å²) in [5.74, 6) is 1.23. The molecule has 0 aliphatic carbocycles. The van der Waals surface area contributed by atoms with Crippen molar-refractivity contribution in [2.45, 2.75) is 20.1 Å². The van der Waals surface area contributed by atoms with Crippen molar-refractivity contribution in [3.8, 4) is 11.5 Å². The Hall–Kier alpha value is -3.54. The SMILES string of the molecule is Cc1ccc(OCC(=O)Nc2ccc3c(c2)NC(c2cccnc2)O3)c(C)c1. The number of hydrogen-bond donors (Lipinski definition) is 2.